The number of nitrogens with one attached hydrogen (secondary N) is 2. The molecule has 8 rings (SSSR count). The van der Waals surface area contributed by atoms with Crippen molar-refractivity contribution in [3.63, 3.8) is 0 Å². The first kappa shape index (κ1) is 49.6. The van der Waals surface area contributed by atoms with Crippen molar-refractivity contribution in [3.8, 4) is 11.5 Å². The Morgan fingerprint density at radius 1 is 0.955 bits per heavy atom. The molecule has 4 heterocycles. The highest BCUT2D eigenvalue weighted by Gasteiger charge is 2.41. The zero-order chi connectivity index (χ0) is 47.4. The number of phenols is 1. The quantitative estimate of drug-likeness (QED) is 0.0673. The maximum Gasteiger partial charge on any atom is 0.490 e. The number of carboxylic acids is 1. The number of anilines is 1. The number of hydrogen-bond donors (Lipinski definition) is 4. The number of halogens is 3. The molecule has 3 fully saturated rings. The van der Waals surface area contributed by atoms with E-state index in [-0.39, 0.29) is 41.7 Å². The van der Waals surface area contributed by atoms with E-state index >= 15 is 0 Å². The number of nitrogens with zero attached hydrogens (tertiary/aromatic N) is 3. The molecule has 1 spiro atoms. The number of ether oxygens (including phenoxy) is 3. The number of fused-ring (bicyclic) bond motifs is 2. The molecule has 4 aromatic rings. The summed E-state index contributed by atoms with van der Waals surface area (Å²) in [7, 11) is 0. The summed E-state index contributed by atoms with van der Waals surface area (Å²) in [5.41, 5.74) is 4.23. The fourth-order valence-corrected chi connectivity index (χ4v) is 10.1. The van der Waals surface area contributed by atoms with Crippen molar-refractivity contribution >= 4 is 50.8 Å². The van der Waals surface area contributed by atoms with Crippen molar-refractivity contribution in [2.75, 3.05) is 77.6 Å². The highest BCUT2D eigenvalue weighted by molar-refractivity contribution is 7.17. The summed E-state index contributed by atoms with van der Waals surface area (Å²) in [5.74, 6) is -2.27. The number of amides is 3. The Balaban J connectivity index is 0.000000883. The Morgan fingerprint density at radius 3 is 2.51 bits per heavy atom. The molecule has 0 radical (unpaired) electrons. The summed E-state index contributed by atoms with van der Waals surface area (Å²) in [4.78, 5) is 54.3. The summed E-state index contributed by atoms with van der Waals surface area (Å²) >= 11 is 1.70. The number of rotatable bonds is 16. The maximum atomic E-state index is 13.6. The minimum Gasteiger partial charge on any atom is -0.506 e. The highest BCUT2D eigenvalue weighted by atomic mass is 32.1. The van der Waals surface area contributed by atoms with Gasteiger partial charge in [0.15, 0.2) is 12.4 Å². The van der Waals surface area contributed by atoms with E-state index in [0.717, 1.165) is 81.1 Å². The molecule has 0 atom stereocenters. The lowest BCUT2D eigenvalue weighted by molar-refractivity contribution is -0.192. The molecule has 0 bridgehead atoms. The predicted octanol–water partition coefficient (Wildman–Crippen LogP) is 7.02. The van der Waals surface area contributed by atoms with Gasteiger partial charge in [0, 0.05) is 55.6 Å². The number of alkyl halides is 3. The van der Waals surface area contributed by atoms with Crippen molar-refractivity contribution in [3.05, 3.63) is 88.3 Å². The molecule has 0 unspecified atom stereocenters. The number of morpholine rings is 1. The number of carbonyl (C=O) groups excluding carboxylic acids is 3. The van der Waals surface area contributed by atoms with E-state index in [9.17, 15) is 32.7 Å². The van der Waals surface area contributed by atoms with Crippen LogP contribution in [0.5, 0.6) is 11.5 Å². The van der Waals surface area contributed by atoms with Gasteiger partial charge < -0.3 is 44.9 Å². The summed E-state index contributed by atoms with van der Waals surface area (Å²) in [6, 6.07) is 20.5. The van der Waals surface area contributed by atoms with Crippen LogP contribution in [0.15, 0.2) is 66.0 Å². The van der Waals surface area contributed by atoms with Gasteiger partial charge >= 0.3 is 12.1 Å². The molecule has 3 aliphatic heterocycles. The molecule has 3 aromatic carbocycles. The molecule has 4 N–H and O–H groups in total. The molecule has 18 heteroatoms. The van der Waals surface area contributed by atoms with Crippen LogP contribution in [0.25, 0.3) is 10.1 Å². The van der Waals surface area contributed by atoms with Crippen LogP contribution < -0.4 is 15.4 Å². The summed E-state index contributed by atoms with van der Waals surface area (Å²) in [5, 5.41) is 26.7. The van der Waals surface area contributed by atoms with Gasteiger partial charge in [0.1, 0.15) is 11.4 Å². The van der Waals surface area contributed by atoms with Crippen LogP contribution in [0, 0.1) is 0 Å². The number of aliphatic carboxylic acids is 1. The topological polar surface area (TPSA) is 170 Å². The molecule has 2 saturated heterocycles. The standard InChI is InChI=1S/C47H59N5O7S.C2HF3O2/c53-40-11-9-36(45-44(40)49-42(54)32-58-45)13-19-48-20-23-52(39-7-2-1-3-8-39)43(55)15-26-57-25-14-34-5-4-6-35(29-34)31-50-21-17-47(18-22-50)33-51(24-27-59-47)46(56)38-10-12-41-37(30-38)16-28-60-41;3-2(4,5)1(6)7/h4-6,9-12,16,28-30,39,48,53H,1-3,7-8,13-15,17-27,31-33H2,(H,49,54);(H,6,7). The van der Waals surface area contributed by atoms with Gasteiger partial charge in [-0.05, 0) is 103 Å². The van der Waals surface area contributed by atoms with Crippen molar-refractivity contribution < 1.29 is 56.8 Å². The second-order valence-corrected chi connectivity index (χ2v) is 18.6. The highest BCUT2D eigenvalue weighted by Crippen LogP contribution is 2.39. The lowest BCUT2D eigenvalue weighted by Crippen LogP contribution is -2.57. The van der Waals surface area contributed by atoms with E-state index in [2.05, 4.69) is 62.2 Å². The van der Waals surface area contributed by atoms with Gasteiger partial charge in [0.05, 0.1) is 38.4 Å². The number of benzene rings is 3. The smallest absolute Gasteiger partial charge is 0.490 e. The van der Waals surface area contributed by atoms with Crippen LogP contribution in [0.3, 0.4) is 0 Å². The summed E-state index contributed by atoms with van der Waals surface area (Å²) in [6.45, 7) is 7.48. The first-order valence-electron chi connectivity index (χ1n) is 23.1. The molecule has 3 amide bonds. The number of carbonyl (C=O) groups is 4. The minimum absolute atomic E-state index is 0.00382. The van der Waals surface area contributed by atoms with Crippen LogP contribution >= 0.6 is 11.3 Å². The number of thiophene rings is 1. The normalized spacial score (nSPS) is 17.5. The first-order chi connectivity index (χ1) is 32.3. The number of aromatic hydroxyl groups is 1. The van der Waals surface area contributed by atoms with E-state index in [4.69, 9.17) is 24.1 Å². The number of hydrogen-bond acceptors (Lipinski definition) is 11. The van der Waals surface area contributed by atoms with Crippen molar-refractivity contribution in [2.45, 2.75) is 88.6 Å². The van der Waals surface area contributed by atoms with Gasteiger partial charge in [-0.3, -0.25) is 19.3 Å². The molecule has 1 saturated carbocycles. The Kier molecular flexibility index (Phi) is 17.2. The van der Waals surface area contributed by atoms with Gasteiger partial charge in [-0.25, -0.2) is 4.79 Å². The zero-order valence-corrected chi connectivity index (χ0v) is 38.4. The van der Waals surface area contributed by atoms with E-state index in [1.165, 1.54) is 22.2 Å². The molecule has 14 nitrogen and oxygen atoms in total. The third kappa shape index (κ3) is 13.7. The van der Waals surface area contributed by atoms with E-state index in [1.807, 2.05) is 23.1 Å². The zero-order valence-electron chi connectivity index (χ0n) is 37.6. The maximum absolute atomic E-state index is 13.6. The molecular formula is C49H60F3N5O9S. The number of likely N-dealkylation sites (tertiary alicyclic amines) is 1. The predicted molar refractivity (Wildman–Crippen MR) is 248 cm³/mol. The molecule has 1 aromatic heterocycles. The summed E-state index contributed by atoms with van der Waals surface area (Å²) < 4.78 is 51.0. The second kappa shape index (κ2) is 23.2. The van der Waals surface area contributed by atoms with E-state index < -0.39 is 12.1 Å². The largest absolute Gasteiger partial charge is 0.506 e. The Bertz CT molecular complexity index is 2330. The van der Waals surface area contributed by atoms with E-state index in [1.54, 1.807) is 17.4 Å². The van der Waals surface area contributed by atoms with Gasteiger partial charge in [0.2, 0.25) is 5.91 Å². The SMILES string of the molecule is O=C(O)C(F)(F)F.O=C1COc2c(CCNCCN(C(=O)CCOCCc3cccc(CN4CCC5(CC4)CN(C(=O)c4ccc6sccc6c4)CCO5)c3)C3CCCCC3)ccc(O)c2N1. The van der Waals surface area contributed by atoms with Crippen LogP contribution in [0.2, 0.25) is 0 Å². The fourth-order valence-electron chi connectivity index (χ4n) is 9.32. The Hall–Kier alpha value is -5.27. The average Bonchev–Trinajstić information content (AvgIpc) is 3.80. The molecule has 4 aliphatic rings. The molecule has 362 valence electrons. The van der Waals surface area contributed by atoms with Crippen molar-refractivity contribution in [1.82, 2.24) is 20.0 Å². The third-order valence-electron chi connectivity index (χ3n) is 12.9. The van der Waals surface area contributed by atoms with Crippen LogP contribution in [-0.2, 0) is 43.2 Å². The number of carboxylic acid groups (broad SMARTS) is 1. The van der Waals surface area contributed by atoms with Crippen LogP contribution in [-0.4, -0.2) is 139 Å². The monoisotopic (exact) mass is 951 g/mol. The number of phenolic OH excluding ortho intramolecular Hbond substituents is 1. The average molecular weight is 952 g/mol. The minimum atomic E-state index is -5.08. The van der Waals surface area contributed by atoms with Gasteiger partial charge in [-0.1, -0.05) is 49.6 Å². The van der Waals surface area contributed by atoms with E-state index in [0.29, 0.717) is 76.8 Å². The summed E-state index contributed by atoms with van der Waals surface area (Å²) in [6.07, 6.45) is 4.19. The Labute approximate surface area is 392 Å². The van der Waals surface area contributed by atoms with Crippen molar-refractivity contribution in [1.29, 1.82) is 0 Å². The fraction of sp³-hybridized carbons (Fsp3) is 0.510. The van der Waals surface area contributed by atoms with Gasteiger partial charge in [-0.2, -0.15) is 13.2 Å². The molecule has 1 aliphatic carbocycles. The van der Waals surface area contributed by atoms with Crippen LogP contribution in [0.1, 0.15) is 78.4 Å². The molecular weight excluding hydrogens is 892 g/mol. The number of piperidine rings is 1. The van der Waals surface area contributed by atoms with Crippen molar-refractivity contribution in [2.24, 2.45) is 0 Å². The second-order valence-electron chi connectivity index (χ2n) is 17.6. The Morgan fingerprint density at radius 2 is 1.73 bits per heavy atom. The van der Waals surface area contributed by atoms with Gasteiger partial charge in [-0.15, -0.1) is 11.3 Å². The first-order valence-corrected chi connectivity index (χ1v) is 24.0. The van der Waals surface area contributed by atoms with Crippen LogP contribution in [0.4, 0.5) is 18.9 Å². The third-order valence-corrected chi connectivity index (χ3v) is 13.8. The lowest BCUT2D eigenvalue weighted by atomic mass is 9.88. The molecule has 67 heavy (non-hydrogen) atoms. The van der Waals surface area contributed by atoms with Gasteiger partial charge in [0.25, 0.3) is 11.8 Å². The lowest BCUT2D eigenvalue weighted by Gasteiger charge is -2.47.